The standard InChI is InChI=1S/C22H23ClN2O/c1-2-13-25(22(26)19-9-4-3-5-10-19)17-21-12-7-14-24(21)16-18-8-6-11-20(23)15-18/h3-12,14-15H,2,13,16-17H2,1H3. The minimum absolute atomic E-state index is 0.0722. The van der Waals surface area contributed by atoms with Gasteiger partial charge < -0.3 is 9.47 Å². The van der Waals surface area contributed by atoms with Crippen LogP contribution in [0.4, 0.5) is 0 Å². The first-order valence-electron chi connectivity index (χ1n) is 8.90. The van der Waals surface area contributed by atoms with Crippen LogP contribution >= 0.6 is 11.6 Å². The second-order valence-corrected chi connectivity index (χ2v) is 6.79. The summed E-state index contributed by atoms with van der Waals surface area (Å²) in [5.74, 6) is 0.0722. The molecule has 0 saturated carbocycles. The molecule has 3 rings (SSSR count). The first-order valence-corrected chi connectivity index (χ1v) is 9.28. The van der Waals surface area contributed by atoms with Crippen molar-refractivity contribution in [3.8, 4) is 0 Å². The topological polar surface area (TPSA) is 25.2 Å². The third-order valence-corrected chi connectivity index (χ3v) is 4.55. The molecular weight excluding hydrogens is 344 g/mol. The minimum Gasteiger partial charge on any atom is -0.345 e. The molecule has 0 spiro atoms. The van der Waals surface area contributed by atoms with E-state index in [1.807, 2.05) is 65.7 Å². The Morgan fingerprint density at radius 2 is 1.85 bits per heavy atom. The summed E-state index contributed by atoms with van der Waals surface area (Å²) in [5, 5.41) is 0.739. The van der Waals surface area contributed by atoms with E-state index in [1.54, 1.807) is 0 Å². The van der Waals surface area contributed by atoms with E-state index in [-0.39, 0.29) is 5.91 Å². The van der Waals surface area contributed by atoms with Gasteiger partial charge in [0.2, 0.25) is 0 Å². The predicted molar refractivity (Wildman–Crippen MR) is 106 cm³/mol. The Hall–Kier alpha value is -2.52. The molecule has 2 aromatic carbocycles. The van der Waals surface area contributed by atoms with E-state index < -0.39 is 0 Å². The number of aromatic nitrogens is 1. The van der Waals surface area contributed by atoms with Crippen LogP contribution < -0.4 is 0 Å². The van der Waals surface area contributed by atoms with Crippen molar-refractivity contribution in [2.75, 3.05) is 6.54 Å². The summed E-state index contributed by atoms with van der Waals surface area (Å²) in [7, 11) is 0. The Morgan fingerprint density at radius 1 is 1.04 bits per heavy atom. The molecule has 0 aliphatic carbocycles. The molecular formula is C22H23ClN2O. The summed E-state index contributed by atoms with van der Waals surface area (Å²) in [4.78, 5) is 14.8. The van der Waals surface area contributed by atoms with E-state index in [1.165, 1.54) is 0 Å². The van der Waals surface area contributed by atoms with Gasteiger partial charge in [-0.3, -0.25) is 4.79 Å². The number of hydrogen-bond donors (Lipinski definition) is 0. The van der Waals surface area contributed by atoms with Crippen LogP contribution in [0.15, 0.2) is 72.9 Å². The zero-order valence-electron chi connectivity index (χ0n) is 14.9. The highest BCUT2D eigenvalue weighted by atomic mass is 35.5. The smallest absolute Gasteiger partial charge is 0.254 e. The molecule has 3 nitrogen and oxygen atoms in total. The molecule has 1 aromatic heterocycles. The Morgan fingerprint density at radius 3 is 2.58 bits per heavy atom. The molecule has 0 fully saturated rings. The molecule has 3 aromatic rings. The molecule has 1 amide bonds. The lowest BCUT2D eigenvalue weighted by Gasteiger charge is -2.23. The number of hydrogen-bond acceptors (Lipinski definition) is 1. The molecule has 134 valence electrons. The highest BCUT2D eigenvalue weighted by Gasteiger charge is 2.16. The zero-order chi connectivity index (χ0) is 18.4. The summed E-state index contributed by atoms with van der Waals surface area (Å²) in [6.07, 6.45) is 2.97. The summed E-state index contributed by atoms with van der Waals surface area (Å²) >= 11 is 6.10. The average Bonchev–Trinajstić information content (AvgIpc) is 3.08. The molecule has 0 aliphatic heterocycles. The van der Waals surface area contributed by atoms with Gasteiger partial charge >= 0.3 is 0 Å². The number of rotatable bonds is 7. The fourth-order valence-electron chi connectivity index (χ4n) is 3.06. The molecule has 0 atom stereocenters. The van der Waals surface area contributed by atoms with E-state index in [2.05, 4.69) is 23.6 Å². The lowest BCUT2D eigenvalue weighted by atomic mass is 10.2. The second-order valence-electron chi connectivity index (χ2n) is 6.35. The molecule has 4 heteroatoms. The first kappa shape index (κ1) is 18.3. The van der Waals surface area contributed by atoms with Crippen LogP contribution in [0, 0.1) is 0 Å². The quantitative estimate of drug-likeness (QED) is 0.561. The van der Waals surface area contributed by atoms with E-state index in [9.17, 15) is 4.79 Å². The molecule has 0 N–H and O–H groups in total. The van der Waals surface area contributed by atoms with Gasteiger partial charge in [0.05, 0.1) is 6.54 Å². The SMILES string of the molecule is CCCN(Cc1cccn1Cc1cccc(Cl)c1)C(=O)c1ccccc1. The Bertz CT molecular complexity index is 857. The van der Waals surface area contributed by atoms with Gasteiger partial charge in [0, 0.05) is 35.6 Å². The van der Waals surface area contributed by atoms with Gasteiger partial charge in [-0.2, -0.15) is 0 Å². The van der Waals surface area contributed by atoms with Crippen molar-refractivity contribution in [3.63, 3.8) is 0 Å². The highest BCUT2D eigenvalue weighted by Crippen LogP contribution is 2.16. The maximum atomic E-state index is 12.9. The summed E-state index contributed by atoms with van der Waals surface area (Å²) in [6, 6.07) is 21.5. The van der Waals surface area contributed by atoms with Crippen LogP contribution in [0.1, 0.15) is 35.0 Å². The van der Waals surface area contributed by atoms with Gasteiger partial charge in [0.25, 0.3) is 5.91 Å². The second kappa shape index (κ2) is 8.72. The summed E-state index contributed by atoms with van der Waals surface area (Å²) < 4.78 is 2.17. The fraction of sp³-hybridized carbons (Fsp3) is 0.227. The van der Waals surface area contributed by atoms with Crippen LogP contribution in [0.3, 0.4) is 0 Å². The Labute approximate surface area is 159 Å². The maximum absolute atomic E-state index is 12.9. The largest absolute Gasteiger partial charge is 0.345 e. The van der Waals surface area contributed by atoms with Crippen molar-refractivity contribution < 1.29 is 4.79 Å². The number of amides is 1. The lowest BCUT2D eigenvalue weighted by Crippen LogP contribution is -2.32. The highest BCUT2D eigenvalue weighted by molar-refractivity contribution is 6.30. The maximum Gasteiger partial charge on any atom is 0.254 e. The fourth-order valence-corrected chi connectivity index (χ4v) is 3.27. The van der Waals surface area contributed by atoms with Crippen LogP contribution in [-0.4, -0.2) is 21.9 Å². The molecule has 26 heavy (non-hydrogen) atoms. The normalized spacial score (nSPS) is 10.7. The number of benzene rings is 2. The van der Waals surface area contributed by atoms with Crippen molar-refractivity contribution >= 4 is 17.5 Å². The zero-order valence-corrected chi connectivity index (χ0v) is 15.7. The van der Waals surface area contributed by atoms with Crippen molar-refractivity contribution in [1.29, 1.82) is 0 Å². The third kappa shape index (κ3) is 4.55. The Balaban J connectivity index is 1.78. The number of carbonyl (C=O) groups is 1. The van der Waals surface area contributed by atoms with Gasteiger partial charge in [-0.25, -0.2) is 0 Å². The van der Waals surface area contributed by atoms with E-state index >= 15 is 0 Å². The molecule has 1 heterocycles. The van der Waals surface area contributed by atoms with Gasteiger partial charge in [-0.15, -0.1) is 0 Å². The van der Waals surface area contributed by atoms with Crippen molar-refractivity contribution in [2.45, 2.75) is 26.4 Å². The van der Waals surface area contributed by atoms with E-state index in [0.29, 0.717) is 6.54 Å². The third-order valence-electron chi connectivity index (χ3n) is 4.32. The van der Waals surface area contributed by atoms with Crippen LogP contribution in [0.2, 0.25) is 5.02 Å². The first-order chi connectivity index (χ1) is 12.7. The monoisotopic (exact) mass is 366 g/mol. The van der Waals surface area contributed by atoms with Crippen molar-refractivity contribution in [3.05, 3.63) is 94.8 Å². The van der Waals surface area contributed by atoms with Crippen LogP contribution in [0.25, 0.3) is 0 Å². The van der Waals surface area contributed by atoms with Crippen LogP contribution in [0.5, 0.6) is 0 Å². The minimum atomic E-state index is 0.0722. The number of nitrogens with zero attached hydrogens (tertiary/aromatic N) is 2. The average molecular weight is 367 g/mol. The van der Waals surface area contributed by atoms with E-state index in [0.717, 1.165) is 41.4 Å². The Kier molecular flexibility index (Phi) is 6.13. The van der Waals surface area contributed by atoms with Crippen molar-refractivity contribution in [1.82, 2.24) is 9.47 Å². The number of halogens is 1. The summed E-state index contributed by atoms with van der Waals surface area (Å²) in [6.45, 7) is 4.16. The molecule has 0 radical (unpaired) electrons. The summed E-state index contributed by atoms with van der Waals surface area (Å²) in [5.41, 5.74) is 2.99. The van der Waals surface area contributed by atoms with Gasteiger partial charge in [0.1, 0.15) is 0 Å². The van der Waals surface area contributed by atoms with Crippen LogP contribution in [-0.2, 0) is 13.1 Å². The molecule has 0 bridgehead atoms. The lowest BCUT2D eigenvalue weighted by molar-refractivity contribution is 0.0739. The number of carbonyl (C=O) groups excluding carboxylic acids is 1. The molecule has 0 unspecified atom stereocenters. The van der Waals surface area contributed by atoms with Gasteiger partial charge in [0.15, 0.2) is 0 Å². The molecule has 0 saturated heterocycles. The van der Waals surface area contributed by atoms with Gasteiger partial charge in [-0.1, -0.05) is 48.9 Å². The predicted octanol–water partition coefficient (Wildman–Crippen LogP) is 5.24. The van der Waals surface area contributed by atoms with Gasteiger partial charge in [-0.05, 0) is 48.4 Å². The van der Waals surface area contributed by atoms with E-state index in [4.69, 9.17) is 11.6 Å². The van der Waals surface area contributed by atoms with Crippen molar-refractivity contribution in [2.24, 2.45) is 0 Å². The molecule has 0 aliphatic rings.